The molecular weight excluding hydrogens is 402 g/mol. The van der Waals surface area contributed by atoms with Gasteiger partial charge in [-0.3, -0.25) is 4.79 Å². The second kappa shape index (κ2) is 8.83. The normalized spacial score (nSPS) is 14.9. The molecule has 31 heavy (non-hydrogen) atoms. The molecular formula is C23H24F2N4O2. The van der Waals surface area contributed by atoms with Gasteiger partial charge in [0.25, 0.3) is 5.91 Å². The van der Waals surface area contributed by atoms with Gasteiger partial charge < -0.3 is 15.1 Å². The molecule has 0 bridgehead atoms. The number of carbonyl (C=O) groups excluding carboxylic acids is 1. The van der Waals surface area contributed by atoms with Gasteiger partial charge in [0.2, 0.25) is 11.7 Å². The van der Waals surface area contributed by atoms with E-state index >= 15 is 0 Å². The Hall–Kier alpha value is -3.29. The van der Waals surface area contributed by atoms with Crippen LogP contribution in [0.15, 0.2) is 53.1 Å². The molecule has 0 unspecified atom stereocenters. The quantitative estimate of drug-likeness (QED) is 0.517. The molecule has 0 aliphatic heterocycles. The summed E-state index contributed by atoms with van der Waals surface area (Å²) in [6, 6.07) is 12.4. The van der Waals surface area contributed by atoms with Crippen molar-refractivity contribution in [2.24, 2.45) is 0 Å². The summed E-state index contributed by atoms with van der Waals surface area (Å²) in [5.74, 6) is -4.23. The van der Waals surface area contributed by atoms with Gasteiger partial charge in [0.1, 0.15) is 5.82 Å². The summed E-state index contributed by atoms with van der Waals surface area (Å²) in [6.07, 6.45) is 7.40. The van der Waals surface area contributed by atoms with Gasteiger partial charge in [-0.25, -0.2) is 9.97 Å². The van der Waals surface area contributed by atoms with Crippen LogP contribution in [-0.4, -0.2) is 21.9 Å². The molecule has 2 aromatic heterocycles. The van der Waals surface area contributed by atoms with Crippen LogP contribution in [-0.2, 0) is 5.92 Å². The van der Waals surface area contributed by atoms with Crippen molar-refractivity contribution in [1.82, 2.24) is 9.97 Å². The largest absolute Gasteiger partial charge is 0.434 e. The Kier molecular flexibility index (Phi) is 5.97. The van der Waals surface area contributed by atoms with Crippen molar-refractivity contribution in [3.8, 4) is 11.5 Å². The van der Waals surface area contributed by atoms with E-state index in [2.05, 4.69) is 20.6 Å². The third-order valence-corrected chi connectivity index (χ3v) is 5.24. The van der Waals surface area contributed by atoms with Gasteiger partial charge in [-0.05, 0) is 37.1 Å². The molecule has 0 radical (unpaired) electrons. The molecule has 1 aliphatic rings. The first-order valence-electron chi connectivity index (χ1n) is 10.4. The maximum absolute atomic E-state index is 14.1. The number of benzene rings is 1. The van der Waals surface area contributed by atoms with E-state index in [4.69, 9.17) is 4.42 Å². The number of nitrogens with zero attached hydrogens (tertiary/aromatic N) is 2. The van der Waals surface area contributed by atoms with Crippen molar-refractivity contribution < 1.29 is 18.0 Å². The summed E-state index contributed by atoms with van der Waals surface area (Å²) in [4.78, 5) is 21.1. The Bertz CT molecular complexity index is 1020. The zero-order valence-corrected chi connectivity index (χ0v) is 17.2. The number of hydrogen-bond donors (Lipinski definition) is 2. The monoisotopic (exact) mass is 426 g/mol. The molecule has 1 aliphatic carbocycles. The fourth-order valence-corrected chi connectivity index (χ4v) is 3.68. The summed E-state index contributed by atoms with van der Waals surface area (Å²) in [7, 11) is 0. The smallest absolute Gasteiger partial charge is 0.304 e. The highest BCUT2D eigenvalue weighted by Crippen LogP contribution is 2.34. The maximum Gasteiger partial charge on any atom is 0.304 e. The maximum atomic E-state index is 14.1. The van der Waals surface area contributed by atoms with Gasteiger partial charge in [0.05, 0.1) is 11.9 Å². The molecule has 162 valence electrons. The average Bonchev–Trinajstić information content (AvgIpc) is 3.23. The number of hydrogen-bond acceptors (Lipinski definition) is 5. The molecule has 1 saturated carbocycles. The van der Waals surface area contributed by atoms with E-state index in [0.717, 1.165) is 18.7 Å². The molecule has 2 N–H and O–H groups in total. The molecule has 1 amide bonds. The lowest BCUT2D eigenvalue weighted by Crippen LogP contribution is -2.22. The fourth-order valence-electron chi connectivity index (χ4n) is 3.68. The summed E-state index contributed by atoms with van der Waals surface area (Å²) in [5, 5.41) is 5.97. The lowest BCUT2D eigenvalue weighted by Gasteiger charge is -2.23. The Morgan fingerprint density at radius 2 is 1.84 bits per heavy atom. The van der Waals surface area contributed by atoms with E-state index in [0.29, 0.717) is 24.2 Å². The second-order valence-electron chi connectivity index (χ2n) is 7.82. The summed E-state index contributed by atoms with van der Waals surface area (Å²) in [6.45, 7) is 0.673. The lowest BCUT2D eigenvalue weighted by atomic mass is 9.95. The van der Waals surface area contributed by atoms with Crippen molar-refractivity contribution in [2.75, 3.05) is 10.6 Å². The molecule has 3 aromatic rings. The first-order chi connectivity index (χ1) is 14.9. The van der Waals surface area contributed by atoms with Crippen molar-refractivity contribution in [1.29, 1.82) is 0 Å². The molecule has 6 nitrogen and oxygen atoms in total. The Labute approximate surface area is 179 Å². The summed E-state index contributed by atoms with van der Waals surface area (Å²) >= 11 is 0. The van der Waals surface area contributed by atoms with Crippen LogP contribution in [0.5, 0.6) is 0 Å². The SMILES string of the molecule is CC(F)(F)c1oc(-c2ccccc2)nc1C(=O)Nc1ccc(NC2CCCCC2)nc1. The Morgan fingerprint density at radius 1 is 1.10 bits per heavy atom. The third kappa shape index (κ3) is 5.07. The van der Waals surface area contributed by atoms with E-state index in [1.165, 1.54) is 25.5 Å². The van der Waals surface area contributed by atoms with Crippen LogP contribution >= 0.6 is 0 Å². The summed E-state index contributed by atoms with van der Waals surface area (Å²) in [5.41, 5.74) is 0.441. The number of alkyl halides is 2. The van der Waals surface area contributed by atoms with Crippen LogP contribution in [0.4, 0.5) is 20.3 Å². The van der Waals surface area contributed by atoms with E-state index in [1.807, 2.05) is 0 Å². The van der Waals surface area contributed by atoms with Crippen molar-refractivity contribution in [3.05, 3.63) is 60.1 Å². The van der Waals surface area contributed by atoms with Crippen molar-refractivity contribution in [3.63, 3.8) is 0 Å². The molecule has 0 spiro atoms. The second-order valence-corrected chi connectivity index (χ2v) is 7.82. The molecule has 0 atom stereocenters. The highest BCUT2D eigenvalue weighted by molar-refractivity contribution is 6.04. The highest BCUT2D eigenvalue weighted by atomic mass is 19.3. The van der Waals surface area contributed by atoms with E-state index in [1.54, 1.807) is 42.5 Å². The summed E-state index contributed by atoms with van der Waals surface area (Å²) < 4.78 is 33.4. The molecule has 1 aromatic carbocycles. The standard InChI is InChI=1S/C23H24F2N4O2/c1-23(24,25)20-19(29-22(31-20)15-8-4-2-5-9-15)21(30)28-17-12-13-18(26-14-17)27-16-10-6-3-7-11-16/h2,4-5,8-9,12-14,16H,3,6-7,10-11H2,1H3,(H,26,27)(H,28,30). The van der Waals surface area contributed by atoms with Crippen LogP contribution in [0.1, 0.15) is 55.3 Å². The van der Waals surface area contributed by atoms with Gasteiger partial charge in [0.15, 0.2) is 5.69 Å². The fraction of sp³-hybridized carbons (Fsp3) is 0.348. The van der Waals surface area contributed by atoms with Crippen LogP contribution in [0.25, 0.3) is 11.5 Å². The number of oxazole rings is 1. The number of aromatic nitrogens is 2. The van der Waals surface area contributed by atoms with Gasteiger partial charge in [-0.15, -0.1) is 0 Å². The van der Waals surface area contributed by atoms with Crippen LogP contribution < -0.4 is 10.6 Å². The minimum Gasteiger partial charge on any atom is -0.434 e. The van der Waals surface area contributed by atoms with Gasteiger partial charge >= 0.3 is 5.92 Å². The number of amides is 1. The van der Waals surface area contributed by atoms with Crippen LogP contribution in [0.2, 0.25) is 0 Å². The molecule has 1 fully saturated rings. The number of carbonyl (C=O) groups is 1. The number of pyridine rings is 1. The third-order valence-electron chi connectivity index (χ3n) is 5.24. The zero-order chi connectivity index (χ0) is 21.8. The van der Waals surface area contributed by atoms with Crippen molar-refractivity contribution >= 4 is 17.4 Å². The molecule has 4 rings (SSSR count). The first kappa shape index (κ1) is 21.0. The lowest BCUT2D eigenvalue weighted by molar-refractivity contribution is -0.00562. The van der Waals surface area contributed by atoms with Crippen LogP contribution in [0.3, 0.4) is 0 Å². The molecule has 0 saturated heterocycles. The minimum atomic E-state index is -3.36. The Balaban J connectivity index is 1.50. The van der Waals surface area contributed by atoms with Gasteiger partial charge in [0, 0.05) is 18.5 Å². The number of nitrogens with one attached hydrogen (secondary N) is 2. The topological polar surface area (TPSA) is 80.0 Å². The zero-order valence-electron chi connectivity index (χ0n) is 17.2. The number of rotatable bonds is 6. The predicted octanol–water partition coefficient (Wildman–Crippen LogP) is 5.85. The number of anilines is 2. The predicted molar refractivity (Wildman–Crippen MR) is 114 cm³/mol. The van der Waals surface area contributed by atoms with Crippen molar-refractivity contribution in [2.45, 2.75) is 51.0 Å². The average molecular weight is 426 g/mol. The van der Waals surface area contributed by atoms with Crippen LogP contribution in [0, 0.1) is 0 Å². The van der Waals surface area contributed by atoms with E-state index < -0.39 is 23.3 Å². The molecule has 8 heteroatoms. The molecule has 2 heterocycles. The number of halogens is 2. The van der Waals surface area contributed by atoms with E-state index in [9.17, 15) is 13.6 Å². The van der Waals surface area contributed by atoms with E-state index in [-0.39, 0.29) is 5.89 Å². The minimum absolute atomic E-state index is 0.0348. The highest BCUT2D eigenvalue weighted by Gasteiger charge is 2.37. The van der Waals surface area contributed by atoms with Gasteiger partial charge in [-0.1, -0.05) is 37.5 Å². The van der Waals surface area contributed by atoms with Gasteiger partial charge in [-0.2, -0.15) is 8.78 Å². The Morgan fingerprint density at radius 3 is 2.48 bits per heavy atom. The first-order valence-corrected chi connectivity index (χ1v) is 10.4.